The van der Waals surface area contributed by atoms with E-state index < -0.39 is 59.4 Å². The largest absolute Gasteiger partial charge is 0.478 e. The molecule has 0 spiro atoms. The maximum absolute atomic E-state index is 12.5. The van der Waals surface area contributed by atoms with Crippen molar-refractivity contribution >= 4 is 11.9 Å². The van der Waals surface area contributed by atoms with Gasteiger partial charge in [-0.05, 0) is 17.2 Å². The van der Waals surface area contributed by atoms with Gasteiger partial charge in [0, 0.05) is 0 Å². The Morgan fingerprint density at radius 1 is 0.864 bits per heavy atom. The van der Waals surface area contributed by atoms with Crippen molar-refractivity contribution in [3.05, 3.63) is 34.4 Å². The Bertz CT molecular complexity index is 603. The van der Waals surface area contributed by atoms with E-state index in [2.05, 4.69) is 0 Å². The summed E-state index contributed by atoms with van der Waals surface area (Å²) in [6.07, 6.45) is -13.6. The smallest absolute Gasteiger partial charge is 0.393 e. The van der Waals surface area contributed by atoms with Crippen LogP contribution in [0, 0.1) is 0 Å². The highest BCUT2D eigenvalue weighted by Crippen LogP contribution is 2.32. The molecule has 0 bridgehead atoms. The average molecular weight is 330 g/mol. The van der Waals surface area contributed by atoms with Crippen LogP contribution in [0.3, 0.4) is 0 Å². The van der Waals surface area contributed by atoms with E-state index in [0.717, 1.165) is 0 Å². The van der Waals surface area contributed by atoms with Gasteiger partial charge in [-0.25, -0.2) is 9.59 Å². The lowest BCUT2D eigenvalue weighted by atomic mass is 9.91. The van der Waals surface area contributed by atoms with Gasteiger partial charge in [0.2, 0.25) is 0 Å². The van der Waals surface area contributed by atoms with Crippen molar-refractivity contribution in [1.29, 1.82) is 0 Å². The standard InChI is InChI=1S/C12H8F6O4/c13-11(14,15)3-5-1-2-6(9(19)20)8(10(21)22)7(5)4-12(16,17)18/h1-2H,3-4H2,(H,19,20)(H,21,22). The zero-order chi connectivity index (χ0) is 17.3. The van der Waals surface area contributed by atoms with E-state index in [4.69, 9.17) is 10.2 Å². The normalized spacial score (nSPS) is 12.3. The Kier molecular flexibility index (Phi) is 4.73. The van der Waals surface area contributed by atoms with Crippen molar-refractivity contribution in [1.82, 2.24) is 0 Å². The average Bonchev–Trinajstić information content (AvgIpc) is 2.26. The molecule has 22 heavy (non-hydrogen) atoms. The minimum Gasteiger partial charge on any atom is -0.478 e. The van der Waals surface area contributed by atoms with E-state index in [9.17, 15) is 35.9 Å². The third kappa shape index (κ3) is 4.64. The SMILES string of the molecule is O=C(O)c1ccc(CC(F)(F)F)c(CC(F)(F)F)c1C(=O)O. The molecule has 0 aliphatic carbocycles. The van der Waals surface area contributed by atoms with Gasteiger partial charge in [-0.3, -0.25) is 0 Å². The molecule has 0 aliphatic rings. The molecular formula is C12H8F6O4. The first-order valence-electron chi connectivity index (χ1n) is 5.56. The Labute approximate surface area is 119 Å². The Balaban J connectivity index is 3.62. The zero-order valence-electron chi connectivity index (χ0n) is 10.5. The minimum absolute atomic E-state index is 0.546. The fourth-order valence-corrected chi connectivity index (χ4v) is 1.90. The van der Waals surface area contributed by atoms with Crippen LogP contribution in [0.15, 0.2) is 12.1 Å². The summed E-state index contributed by atoms with van der Waals surface area (Å²) in [5, 5.41) is 17.7. The van der Waals surface area contributed by atoms with Gasteiger partial charge in [0.05, 0.1) is 24.0 Å². The molecule has 0 atom stereocenters. The molecule has 1 aromatic carbocycles. The molecule has 0 unspecified atom stereocenters. The highest BCUT2D eigenvalue weighted by molar-refractivity contribution is 6.03. The molecule has 0 heterocycles. The predicted molar refractivity (Wildman–Crippen MR) is 59.9 cm³/mol. The first-order valence-corrected chi connectivity index (χ1v) is 5.56. The topological polar surface area (TPSA) is 74.6 Å². The molecule has 0 aromatic heterocycles. The molecule has 0 saturated carbocycles. The van der Waals surface area contributed by atoms with Crippen LogP contribution in [0.4, 0.5) is 26.3 Å². The number of carboxylic acid groups (broad SMARTS) is 2. The fourth-order valence-electron chi connectivity index (χ4n) is 1.90. The summed E-state index contributed by atoms with van der Waals surface area (Å²) in [6, 6.07) is 1.09. The molecular weight excluding hydrogens is 322 g/mol. The van der Waals surface area contributed by atoms with Gasteiger partial charge < -0.3 is 10.2 Å². The summed E-state index contributed by atoms with van der Waals surface area (Å²) < 4.78 is 74.7. The molecule has 0 fully saturated rings. The number of hydrogen-bond donors (Lipinski definition) is 2. The lowest BCUT2D eigenvalue weighted by Gasteiger charge is -2.17. The van der Waals surface area contributed by atoms with E-state index in [1.807, 2.05) is 0 Å². The van der Waals surface area contributed by atoms with Crippen LogP contribution in [-0.4, -0.2) is 34.5 Å². The van der Waals surface area contributed by atoms with Crippen LogP contribution >= 0.6 is 0 Å². The van der Waals surface area contributed by atoms with E-state index in [1.54, 1.807) is 0 Å². The first kappa shape index (κ1) is 17.8. The van der Waals surface area contributed by atoms with E-state index in [-0.39, 0.29) is 0 Å². The molecule has 1 rings (SSSR count). The Hall–Kier alpha value is -2.26. The van der Waals surface area contributed by atoms with Gasteiger partial charge in [0.1, 0.15) is 0 Å². The van der Waals surface area contributed by atoms with Crippen molar-refractivity contribution in [3.8, 4) is 0 Å². The Morgan fingerprint density at radius 2 is 1.36 bits per heavy atom. The summed E-state index contributed by atoms with van der Waals surface area (Å²) in [6.45, 7) is 0. The molecule has 0 aliphatic heterocycles. The highest BCUT2D eigenvalue weighted by Gasteiger charge is 2.36. The number of alkyl halides is 6. The molecule has 10 heteroatoms. The molecule has 0 radical (unpaired) electrons. The van der Waals surface area contributed by atoms with Crippen molar-refractivity contribution < 1.29 is 46.1 Å². The van der Waals surface area contributed by atoms with Crippen LogP contribution in [0.1, 0.15) is 31.8 Å². The van der Waals surface area contributed by atoms with Crippen LogP contribution in [0.25, 0.3) is 0 Å². The first-order chi connectivity index (χ1) is 9.82. The van der Waals surface area contributed by atoms with Crippen LogP contribution in [-0.2, 0) is 12.8 Å². The lowest BCUT2D eigenvalue weighted by Crippen LogP contribution is -2.22. The second-order valence-electron chi connectivity index (χ2n) is 4.32. The van der Waals surface area contributed by atoms with Crippen LogP contribution < -0.4 is 0 Å². The quantitative estimate of drug-likeness (QED) is 0.831. The zero-order valence-corrected chi connectivity index (χ0v) is 10.5. The monoisotopic (exact) mass is 330 g/mol. The van der Waals surface area contributed by atoms with Gasteiger partial charge in [0.25, 0.3) is 0 Å². The number of hydrogen-bond acceptors (Lipinski definition) is 2. The number of benzene rings is 1. The van der Waals surface area contributed by atoms with Crippen LogP contribution in [0.5, 0.6) is 0 Å². The van der Waals surface area contributed by atoms with E-state index in [0.29, 0.717) is 12.1 Å². The second kappa shape index (κ2) is 5.85. The number of aromatic carboxylic acids is 2. The maximum atomic E-state index is 12.5. The third-order valence-electron chi connectivity index (χ3n) is 2.62. The molecule has 4 nitrogen and oxygen atoms in total. The van der Waals surface area contributed by atoms with Crippen molar-refractivity contribution in [2.45, 2.75) is 25.2 Å². The van der Waals surface area contributed by atoms with Gasteiger partial charge in [-0.2, -0.15) is 26.3 Å². The van der Waals surface area contributed by atoms with Gasteiger partial charge >= 0.3 is 24.3 Å². The minimum atomic E-state index is -5.00. The Morgan fingerprint density at radius 3 is 1.73 bits per heavy atom. The maximum Gasteiger partial charge on any atom is 0.393 e. The number of carbonyl (C=O) groups is 2. The third-order valence-corrected chi connectivity index (χ3v) is 2.62. The van der Waals surface area contributed by atoms with Crippen molar-refractivity contribution in [2.24, 2.45) is 0 Å². The summed E-state index contributed by atoms with van der Waals surface area (Å²) in [4.78, 5) is 21.9. The van der Waals surface area contributed by atoms with Gasteiger partial charge in [-0.1, -0.05) is 6.07 Å². The van der Waals surface area contributed by atoms with Gasteiger partial charge in [0.15, 0.2) is 0 Å². The number of carboxylic acids is 2. The van der Waals surface area contributed by atoms with Crippen LogP contribution in [0.2, 0.25) is 0 Å². The molecule has 122 valence electrons. The van der Waals surface area contributed by atoms with Crippen molar-refractivity contribution in [3.63, 3.8) is 0 Å². The number of rotatable bonds is 4. The van der Waals surface area contributed by atoms with E-state index >= 15 is 0 Å². The molecule has 0 saturated heterocycles. The summed E-state index contributed by atoms with van der Waals surface area (Å²) in [5.74, 6) is -3.89. The molecule has 0 amide bonds. The highest BCUT2D eigenvalue weighted by atomic mass is 19.4. The number of halogens is 6. The second-order valence-corrected chi connectivity index (χ2v) is 4.32. The summed E-state index contributed by atoms with van der Waals surface area (Å²) in [5.41, 5.74) is -4.41. The van der Waals surface area contributed by atoms with E-state index in [1.165, 1.54) is 0 Å². The lowest BCUT2D eigenvalue weighted by molar-refractivity contribution is -0.132. The predicted octanol–water partition coefficient (Wildman–Crippen LogP) is 3.29. The summed E-state index contributed by atoms with van der Waals surface area (Å²) in [7, 11) is 0. The fraction of sp³-hybridized carbons (Fsp3) is 0.333. The van der Waals surface area contributed by atoms with Crippen molar-refractivity contribution in [2.75, 3.05) is 0 Å². The van der Waals surface area contributed by atoms with Gasteiger partial charge in [-0.15, -0.1) is 0 Å². The molecule has 1 aromatic rings. The summed E-state index contributed by atoms with van der Waals surface area (Å²) >= 11 is 0. The molecule has 2 N–H and O–H groups in total.